The fourth-order valence-corrected chi connectivity index (χ4v) is 3.63. The Kier molecular flexibility index (Phi) is 5.67. The van der Waals surface area contributed by atoms with Gasteiger partial charge in [0.15, 0.2) is 0 Å². The van der Waals surface area contributed by atoms with Crippen molar-refractivity contribution in [1.29, 1.82) is 0 Å². The Balaban J connectivity index is 1.90. The Bertz CT molecular complexity index is 256. The van der Waals surface area contributed by atoms with Gasteiger partial charge in [-0.2, -0.15) is 0 Å². The van der Waals surface area contributed by atoms with Crippen LogP contribution in [0.3, 0.4) is 0 Å². The van der Waals surface area contributed by atoms with E-state index in [4.69, 9.17) is 9.47 Å². The highest BCUT2D eigenvalue weighted by Gasteiger charge is 2.40. The second-order valence-corrected chi connectivity index (χ2v) is 6.76. The largest absolute Gasteiger partial charge is 0.381 e. The maximum atomic E-state index is 6.15. The van der Waals surface area contributed by atoms with Gasteiger partial charge in [-0.3, -0.25) is 0 Å². The van der Waals surface area contributed by atoms with Crippen LogP contribution in [0.5, 0.6) is 0 Å². The van der Waals surface area contributed by atoms with Gasteiger partial charge in [0.1, 0.15) is 0 Å². The van der Waals surface area contributed by atoms with Gasteiger partial charge in [-0.1, -0.05) is 13.8 Å². The van der Waals surface area contributed by atoms with Crippen LogP contribution in [0.15, 0.2) is 0 Å². The van der Waals surface area contributed by atoms with E-state index in [0.717, 1.165) is 44.5 Å². The van der Waals surface area contributed by atoms with Gasteiger partial charge in [0.2, 0.25) is 0 Å². The van der Waals surface area contributed by atoms with Gasteiger partial charge in [0.25, 0.3) is 0 Å². The highest BCUT2D eigenvalue weighted by Crippen LogP contribution is 2.39. The van der Waals surface area contributed by atoms with Gasteiger partial charge in [-0.25, -0.2) is 0 Å². The predicted molar refractivity (Wildman–Crippen MR) is 78.4 cm³/mol. The van der Waals surface area contributed by atoms with Crippen molar-refractivity contribution < 1.29 is 9.47 Å². The summed E-state index contributed by atoms with van der Waals surface area (Å²) >= 11 is 0. The molecule has 2 atom stereocenters. The molecule has 2 aliphatic rings. The van der Waals surface area contributed by atoms with Crippen molar-refractivity contribution in [3.8, 4) is 0 Å². The molecule has 0 radical (unpaired) electrons. The summed E-state index contributed by atoms with van der Waals surface area (Å²) in [5, 5.41) is 3.56. The Hall–Kier alpha value is -0.120. The van der Waals surface area contributed by atoms with Crippen molar-refractivity contribution in [2.75, 3.05) is 26.9 Å². The molecule has 2 saturated heterocycles. The van der Waals surface area contributed by atoms with E-state index in [-0.39, 0.29) is 5.60 Å². The molecule has 0 saturated carbocycles. The average molecular weight is 269 g/mol. The maximum Gasteiger partial charge on any atom is 0.0729 e. The highest BCUT2D eigenvalue weighted by atomic mass is 16.5. The Morgan fingerprint density at radius 2 is 1.89 bits per heavy atom. The molecule has 3 heteroatoms. The lowest BCUT2D eigenvalue weighted by atomic mass is 9.76. The fraction of sp³-hybridized carbons (Fsp3) is 1.00. The zero-order valence-corrected chi connectivity index (χ0v) is 12.9. The number of rotatable bonds is 5. The third-order valence-corrected chi connectivity index (χ3v) is 4.93. The summed E-state index contributed by atoms with van der Waals surface area (Å²) in [5.41, 5.74) is 0.133. The van der Waals surface area contributed by atoms with Crippen LogP contribution >= 0.6 is 0 Å². The zero-order valence-electron chi connectivity index (χ0n) is 12.9. The molecular formula is C16H31NO2. The second kappa shape index (κ2) is 7.05. The van der Waals surface area contributed by atoms with Gasteiger partial charge in [-0.05, 0) is 57.4 Å². The lowest BCUT2D eigenvalue weighted by Gasteiger charge is -2.45. The lowest BCUT2D eigenvalue weighted by molar-refractivity contribution is -0.150. The van der Waals surface area contributed by atoms with E-state index >= 15 is 0 Å². The van der Waals surface area contributed by atoms with Gasteiger partial charge in [-0.15, -0.1) is 0 Å². The molecule has 2 aliphatic heterocycles. The minimum atomic E-state index is 0.133. The zero-order chi connectivity index (χ0) is 13.7. The summed E-state index contributed by atoms with van der Waals surface area (Å²) in [4.78, 5) is 0. The third kappa shape index (κ3) is 4.17. The first kappa shape index (κ1) is 15.3. The number of hydrogen-bond acceptors (Lipinski definition) is 3. The van der Waals surface area contributed by atoms with Gasteiger partial charge >= 0.3 is 0 Å². The minimum absolute atomic E-state index is 0.133. The normalized spacial score (nSPS) is 28.7. The molecule has 1 N–H and O–H groups in total. The summed E-state index contributed by atoms with van der Waals surface area (Å²) in [5.74, 6) is 1.57. The highest BCUT2D eigenvalue weighted by molar-refractivity contribution is 4.92. The molecule has 19 heavy (non-hydrogen) atoms. The van der Waals surface area contributed by atoms with E-state index in [2.05, 4.69) is 26.2 Å². The van der Waals surface area contributed by atoms with Crippen LogP contribution in [0.1, 0.15) is 52.4 Å². The Morgan fingerprint density at radius 1 is 1.16 bits per heavy atom. The van der Waals surface area contributed by atoms with Gasteiger partial charge in [0, 0.05) is 25.9 Å². The number of ether oxygens (including phenoxy) is 2. The minimum Gasteiger partial charge on any atom is -0.381 e. The summed E-state index contributed by atoms with van der Waals surface area (Å²) in [6.07, 6.45) is 7.23. The molecule has 1 spiro atoms. The van der Waals surface area contributed by atoms with E-state index in [1.165, 1.54) is 25.7 Å². The topological polar surface area (TPSA) is 30.5 Å². The molecule has 0 aromatic rings. The first-order valence-corrected chi connectivity index (χ1v) is 8.04. The van der Waals surface area contributed by atoms with E-state index in [0.29, 0.717) is 6.04 Å². The van der Waals surface area contributed by atoms with E-state index in [9.17, 15) is 0 Å². The van der Waals surface area contributed by atoms with Crippen molar-refractivity contribution in [3.05, 3.63) is 0 Å². The van der Waals surface area contributed by atoms with Crippen molar-refractivity contribution in [2.45, 2.75) is 64.0 Å². The summed E-state index contributed by atoms with van der Waals surface area (Å²) in [7, 11) is 2.12. The quantitative estimate of drug-likeness (QED) is 0.832. The number of nitrogens with one attached hydrogen (secondary N) is 1. The summed E-state index contributed by atoms with van der Waals surface area (Å²) in [6.45, 7) is 7.32. The van der Waals surface area contributed by atoms with Crippen LogP contribution in [-0.4, -0.2) is 38.5 Å². The van der Waals surface area contributed by atoms with Crippen molar-refractivity contribution in [1.82, 2.24) is 5.32 Å². The molecule has 112 valence electrons. The molecule has 0 amide bonds. The molecule has 0 aromatic heterocycles. The Labute approximate surface area is 118 Å². The smallest absolute Gasteiger partial charge is 0.0729 e. The average Bonchev–Trinajstić information content (AvgIpc) is 2.40. The van der Waals surface area contributed by atoms with E-state index < -0.39 is 0 Å². The Morgan fingerprint density at radius 3 is 2.53 bits per heavy atom. The molecule has 2 rings (SSSR count). The van der Waals surface area contributed by atoms with Crippen LogP contribution in [-0.2, 0) is 9.47 Å². The van der Waals surface area contributed by atoms with Crippen LogP contribution in [0.2, 0.25) is 0 Å². The fourth-order valence-electron chi connectivity index (χ4n) is 3.63. The van der Waals surface area contributed by atoms with Crippen LogP contribution < -0.4 is 5.32 Å². The van der Waals surface area contributed by atoms with E-state index in [1.54, 1.807) is 0 Å². The second-order valence-electron chi connectivity index (χ2n) is 6.76. The first-order chi connectivity index (χ1) is 9.15. The molecule has 0 bridgehead atoms. The number of hydrogen-bond donors (Lipinski definition) is 1. The molecule has 2 fully saturated rings. The molecule has 0 aromatic carbocycles. The van der Waals surface area contributed by atoms with Crippen LogP contribution in [0.25, 0.3) is 0 Å². The standard InChI is InChI=1S/C16H31NO2/c1-13(2)4-5-15(17-3)14-6-9-19-16(12-14)7-10-18-11-8-16/h13-15,17H,4-12H2,1-3H3. The molecule has 2 unspecified atom stereocenters. The summed E-state index contributed by atoms with van der Waals surface area (Å²) in [6, 6.07) is 0.658. The van der Waals surface area contributed by atoms with Crippen molar-refractivity contribution >= 4 is 0 Å². The monoisotopic (exact) mass is 269 g/mol. The SMILES string of the molecule is CNC(CCC(C)C)C1CCOC2(CCOCC2)C1. The predicted octanol–water partition coefficient (Wildman–Crippen LogP) is 2.99. The summed E-state index contributed by atoms with van der Waals surface area (Å²) < 4.78 is 11.7. The lowest BCUT2D eigenvalue weighted by Crippen LogP contribution is -2.48. The molecule has 3 nitrogen and oxygen atoms in total. The first-order valence-electron chi connectivity index (χ1n) is 8.04. The molecule has 2 heterocycles. The van der Waals surface area contributed by atoms with Crippen molar-refractivity contribution in [3.63, 3.8) is 0 Å². The van der Waals surface area contributed by atoms with E-state index in [1.807, 2.05) is 0 Å². The van der Waals surface area contributed by atoms with Gasteiger partial charge < -0.3 is 14.8 Å². The molecule has 0 aliphatic carbocycles. The third-order valence-electron chi connectivity index (χ3n) is 4.93. The van der Waals surface area contributed by atoms with Crippen LogP contribution in [0.4, 0.5) is 0 Å². The van der Waals surface area contributed by atoms with Gasteiger partial charge in [0.05, 0.1) is 5.60 Å². The molecular weight excluding hydrogens is 238 g/mol. The maximum absolute atomic E-state index is 6.15. The van der Waals surface area contributed by atoms with Crippen LogP contribution in [0, 0.1) is 11.8 Å². The van der Waals surface area contributed by atoms with Crippen molar-refractivity contribution in [2.24, 2.45) is 11.8 Å².